The molecule has 1 heterocycles. The molecule has 0 aliphatic carbocycles. The first kappa shape index (κ1) is 12.3. The van der Waals surface area contributed by atoms with Crippen LogP contribution in [0.1, 0.15) is 18.5 Å². The molecule has 0 fully saturated rings. The van der Waals surface area contributed by atoms with Gasteiger partial charge in [-0.25, -0.2) is 0 Å². The highest BCUT2D eigenvalue weighted by Crippen LogP contribution is 2.20. The number of benzene rings is 1. The number of H-pyrrole nitrogens is 1. The number of amides is 1. The number of carbonyl (C=O) groups excluding carboxylic acids is 1. The molecule has 1 aromatic heterocycles. The molecule has 0 spiro atoms. The van der Waals surface area contributed by atoms with Crippen molar-refractivity contribution in [1.82, 2.24) is 10.2 Å². The summed E-state index contributed by atoms with van der Waals surface area (Å²) in [4.78, 5) is 12.0. The predicted octanol–water partition coefficient (Wildman–Crippen LogP) is 1.68. The van der Waals surface area contributed by atoms with E-state index in [-0.39, 0.29) is 17.9 Å². The largest absolute Gasteiger partial charge is 0.323 e. The summed E-state index contributed by atoms with van der Waals surface area (Å²) in [5.41, 5.74) is 7.03. The van der Waals surface area contributed by atoms with E-state index in [2.05, 4.69) is 15.5 Å². The molecule has 2 rings (SSSR count). The molecule has 0 bridgehead atoms. The molecule has 4 N–H and O–H groups in total. The van der Waals surface area contributed by atoms with Crippen molar-refractivity contribution in [3.05, 3.63) is 48.2 Å². The third-order valence-corrected chi connectivity index (χ3v) is 2.90. The number of nitrogens with zero attached hydrogens (tertiary/aromatic N) is 1. The highest BCUT2D eigenvalue weighted by atomic mass is 16.2. The van der Waals surface area contributed by atoms with Crippen LogP contribution in [0.5, 0.6) is 0 Å². The number of hydrogen-bond donors (Lipinski definition) is 3. The molecular weight excluding hydrogens is 228 g/mol. The SMILES string of the molecule is CC(C(=O)Nc1ccn[nH]1)C(N)c1ccccc1. The van der Waals surface area contributed by atoms with E-state index in [1.165, 1.54) is 0 Å². The fourth-order valence-electron chi connectivity index (χ4n) is 1.70. The Morgan fingerprint density at radius 2 is 2.06 bits per heavy atom. The Hall–Kier alpha value is -2.14. The van der Waals surface area contributed by atoms with Crippen LogP contribution in [0, 0.1) is 5.92 Å². The van der Waals surface area contributed by atoms with E-state index in [1.807, 2.05) is 37.3 Å². The minimum Gasteiger partial charge on any atom is -0.323 e. The number of nitrogens with one attached hydrogen (secondary N) is 2. The molecule has 1 amide bonds. The Morgan fingerprint density at radius 1 is 1.33 bits per heavy atom. The Morgan fingerprint density at radius 3 is 2.67 bits per heavy atom. The Kier molecular flexibility index (Phi) is 3.74. The van der Waals surface area contributed by atoms with Gasteiger partial charge < -0.3 is 11.1 Å². The molecule has 1 aromatic carbocycles. The van der Waals surface area contributed by atoms with Crippen LogP contribution in [0.2, 0.25) is 0 Å². The molecule has 2 aromatic rings. The molecular formula is C13H16N4O. The van der Waals surface area contributed by atoms with Gasteiger partial charge in [0.2, 0.25) is 5.91 Å². The number of anilines is 1. The van der Waals surface area contributed by atoms with Crippen LogP contribution in [0.25, 0.3) is 0 Å². The number of aromatic amines is 1. The first-order valence-corrected chi connectivity index (χ1v) is 5.79. The van der Waals surface area contributed by atoms with Gasteiger partial charge in [-0.3, -0.25) is 9.89 Å². The zero-order chi connectivity index (χ0) is 13.0. The molecule has 5 nitrogen and oxygen atoms in total. The van der Waals surface area contributed by atoms with Crippen LogP contribution < -0.4 is 11.1 Å². The van der Waals surface area contributed by atoms with E-state index in [9.17, 15) is 4.79 Å². The average molecular weight is 244 g/mol. The predicted molar refractivity (Wildman–Crippen MR) is 69.8 cm³/mol. The normalized spacial score (nSPS) is 13.9. The third kappa shape index (κ3) is 2.75. The maximum atomic E-state index is 12.0. The van der Waals surface area contributed by atoms with E-state index in [0.29, 0.717) is 5.82 Å². The maximum Gasteiger partial charge on any atom is 0.230 e. The fourth-order valence-corrected chi connectivity index (χ4v) is 1.70. The lowest BCUT2D eigenvalue weighted by atomic mass is 9.95. The van der Waals surface area contributed by atoms with E-state index in [1.54, 1.807) is 12.3 Å². The topological polar surface area (TPSA) is 83.8 Å². The highest BCUT2D eigenvalue weighted by molar-refractivity contribution is 5.91. The Labute approximate surface area is 105 Å². The van der Waals surface area contributed by atoms with Crippen molar-refractivity contribution in [2.75, 3.05) is 5.32 Å². The Balaban J connectivity index is 2.02. The monoisotopic (exact) mass is 244 g/mol. The molecule has 18 heavy (non-hydrogen) atoms. The first-order chi connectivity index (χ1) is 8.68. The van der Waals surface area contributed by atoms with E-state index < -0.39 is 0 Å². The van der Waals surface area contributed by atoms with Crippen LogP contribution >= 0.6 is 0 Å². The van der Waals surface area contributed by atoms with Gasteiger partial charge in [0.25, 0.3) is 0 Å². The van der Waals surface area contributed by atoms with Crippen LogP contribution in [-0.2, 0) is 4.79 Å². The zero-order valence-corrected chi connectivity index (χ0v) is 10.1. The lowest BCUT2D eigenvalue weighted by Crippen LogP contribution is -2.30. The molecule has 2 unspecified atom stereocenters. The van der Waals surface area contributed by atoms with Crippen LogP contribution in [0.3, 0.4) is 0 Å². The van der Waals surface area contributed by atoms with Crippen molar-refractivity contribution in [2.45, 2.75) is 13.0 Å². The number of hydrogen-bond acceptors (Lipinski definition) is 3. The summed E-state index contributed by atoms with van der Waals surface area (Å²) in [5.74, 6) is 0.124. The summed E-state index contributed by atoms with van der Waals surface area (Å²) in [5, 5.41) is 9.18. The summed E-state index contributed by atoms with van der Waals surface area (Å²) >= 11 is 0. The van der Waals surface area contributed by atoms with Gasteiger partial charge in [-0.1, -0.05) is 37.3 Å². The summed E-state index contributed by atoms with van der Waals surface area (Å²) in [6.45, 7) is 1.81. The highest BCUT2D eigenvalue weighted by Gasteiger charge is 2.22. The number of aromatic nitrogens is 2. The van der Waals surface area contributed by atoms with Gasteiger partial charge >= 0.3 is 0 Å². The lowest BCUT2D eigenvalue weighted by molar-refractivity contribution is -0.120. The van der Waals surface area contributed by atoms with E-state index in [0.717, 1.165) is 5.56 Å². The lowest BCUT2D eigenvalue weighted by Gasteiger charge is -2.19. The molecule has 0 radical (unpaired) electrons. The van der Waals surface area contributed by atoms with Crippen molar-refractivity contribution < 1.29 is 4.79 Å². The van der Waals surface area contributed by atoms with Crippen molar-refractivity contribution in [3.63, 3.8) is 0 Å². The molecule has 0 saturated carbocycles. The standard InChI is InChI=1S/C13H16N4O/c1-9(12(14)10-5-3-2-4-6-10)13(18)16-11-7-8-15-17-11/h2-9,12H,14H2,1H3,(H2,15,16,17,18). The second-order valence-electron chi connectivity index (χ2n) is 4.18. The smallest absolute Gasteiger partial charge is 0.230 e. The average Bonchev–Trinajstić information content (AvgIpc) is 2.91. The summed E-state index contributed by atoms with van der Waals surface area (Å²) in [7, 11) is 0. The van der Waals surface area contributed by atoms with Gasteiger partial charge in [0.05, 0.1) is 12.1 Å². The molecule has 5 heteroatoms. The third-order valence-electron chi connectivity index (χ3n) is 2.90. The minimum absolute atomic E-state index is 0.129. The van der Waals surface area contributed by atoms with Crippen molar-refractivity contribution >= 4 is 11.7 Å². The van der Waals surface area contributed by atoms with Crippen LogP contribution in [0.15, 0.2) is 42.6 Å². The van der Waals surface area contributed by atoms with Crippen molar-refractivity contribution in [3.8, 4) is 0 Å². The van der Waals surface area contributed by atoms with Crippen LogP contribution in [0.4, 0.5) is 5.82 Å². The minimum atomic E-state index is -0.325. The van der Waals surface area contributed by atoms with Gasteiger partial charge in [-0.15, -0.1) is 0 Å². The summed E-state index contributed by atoms with van der Waals surface area (Å²) in [6.07, 6.45) is 1.58. The maximum absolute atomic E-state index is 12.0. The molecule has 0 aliphatic rings. The fraction of sp³-hybridized carbons (Fsp3) is 0.231. The number of nitrogens with two attached hydrogens (primary N) is 1. The second-order valence-corrected chi connectivity index (χ2v) is 4.18. The quantitative estimate of drug-likeness (QED) is 0.765. The molecule has 0 aliphatic heterocycles. The van der Waals surface area contributed by atoms with Gasteiger partial charge in [0, 0.05) is 12.1 Å². The van der Waals surface area contributed by atoms with E-state index in [4.69, 9.17) is 5.73 Å². The number of rotatable bonds is 4. The van der Waals surface area contributed by atoms with Gasteiger partial charge in [0.15, 0.2) is 0 Å². The second kappa shape index (κ2) is 5.46. The van der Waals surface area contributed by atoms with Crippen molar-refractivity contribution in [2.24, 2.45) is 11.7 Å². The van der Waals surface area contributed by atoms with Crippen molar-refractivity contribution in [1.29, 1.82) is 0 Å². The van der Waals surface area contributed by atoms with Gasteiger partial charge in [-0.2, -0.15) is 5.10 Å². The Bertz CT molecular complexity index is 495. The zero-order valence-electron chi connectivity index (χ0n) is 10.1. The van der Waals surface area contributed by atoms with Gasteiger partial charge in [-0.05, 0) is 5.56 Å². The van der Waals surface area contributed by atoms with Crippen LogP contribution in [-0.4, -0.2) is 16.1 Å². The van der Waals surface area contributed by atoms with Gasteiger partial charge in [0.1, 0.15) is 5.82 Å². The molecule has 2 atom stereocenters. The van der Waals surface area contributed by atoms with E-state index >= 15 is 0 Å². The summed E-state index contributed by atoms with van der Waals surface area (Å²) in [6, 6.07) is 11.0. The number of carbonyl (C=O) groups is 1. The molecule has 94 valence electrons. The summed E-state index contributed by atoms with van der Waals surface area (Å²) < 4.78 is 0. The molecule has 0 saturated heterocycles. The first-order valence-electron chi connectivity index (χ1n) is 5.79.